The van der Waals surface area contributed by atoms with Gasteiger partial charge in [0.05, 0.1) is 11.4 Å². The summed E-state index contributed by atoms with van der Waals surface area (Å²) in [5, 5.41) is 0. The van der Waals surface area contributed by atoms with Gasteiger partial charge in [-0.3, -0.25) is 9.98 Å². The fraction of sp³-hybridized carbons (Fsp3) is 0.650. The minimum absolute atomic E-state index is 0.881. The average Bonchev–Trinajstić information content (AvgIpc) is 2.63. The van der Waals surface area contributed by atoms with Crippen LogP contribution in [-0.4, -0.2) is 43.6 Å². The summed E-state index contributed by atoms with van der Waals surface area (Å²) >= 11 is 0. The summed E-state index contributed by atoms with van der Waals surface area (Å²) in [4.78, 5) is 16.2. The van der Waals surface area contributed by atoms with Crippen LogP contribution in [0.3, 0.4) is 0 Å². The molecule has 2 heterocycles. The number of hydrogen-bond donors (Lipinski definition) is 0. The molecule has 1 aromatic heterocycles. The number of nitrogens with zero attached hydrogens (tertiary/aromatic N) is 4. The predicted octanol–water partition coefficient (Wildman–Crippen LogP) is 4.51. The molecule has 0 atom stereocenters. The molecule has 24 heavy (non-hydrogen) atoms. The first-order valence-electron chi connectivity index (χ1n) is 9.60. The van der Waals surface area contributed by atoms with Gasteiger partial charge in [-0.2, -0.15) is 0 Å². The Kier molecular flexibility index (Phi) is 8.50. The second-order valence-corrected chi connectivity index (χ2v) is 6.50. The standard InChI is InChI=1S/C20H32N4/c1-3-5-10-21-16-18-14-20(24-12-8-7-9-13-24)15-19(23-18)17-22-11-6-4-2/h14-17H,3-13H2,1-2H3. The van der Waals surface area contributed by atoms with Crippen molar-refractivity contribution in [3.8, 4) is 0 Å². The number of hydrogen-bond acceptors (Lipinski definition) is 4. The summed E-state index contributed by atoms with van der Waals surface area (Å²) in [7, 11) is 0. The highest BCUT2D eigenvalue weighted by molar-refractivity contribution is 5.84. The van der Waals surface area contributed by atoms with Crippen LogP contribution in [0.5, 0.6) is 0 Å². The van der Waals surface area contributed by atoms with E-state index in [1.54, 1.807) is 0 Å². The van der Waals surface area contributed by atoms with Gasteiger partial charge in [-0.25, -0.2) is 4.98 Å². The summed E-state index contributed by atoms with van der Waals surface area (Å²) < 4.78 is 0. The maximum Gasteiger partial charge on any atom is 0.0836 e. The lowest BCUT2D eigenvalue weighted by molar-refractivity contribution is 0.577. The quantitative estimate of drug-likeness (QED) is 0.494. The van der Waals surface area contributed by atoms with Gasteiger partial charge in [-0.1, -0.05) is 26.7 Å². The zero-order valence-electron chi connectivity index (χ0n) is 15.4. The summed E-state index contributed by atoms with van der Waals surface area (Å²) in [6.07, 6.45) is 12.4. The minimum atomic E-state index is 0.881. The maximum absolute atomic E-state index is 4.70. The molecule has 0 bridgehead atoms. The molecular weight excluding hydrogens is 296 g/mol. The minimum Gasteiger partial charge on any atom is -0.371 e. The van der Waals surface area contributed by atoms with Gasteiger partial charge in [0.15, 0.2) is 0 Å². The monoisotopic (exact) mass is 328 g/mol. The Morgan fingerprint density at radius 3 is 1.96 bits per heavy atom. The van der Waals surface area contributed by atoms with Crippen molar-refractivity contribution in [2.75, 3.05) is 31.1 Å². The van der Waals surface area contributed by atoms with Crippen molar-refractivity contribution in [2.24, 2.45) is 9.98 Å². The van der Waals surface area contributed by atoms with E-state index < -0.39 is 0 Å². The molecule has 1 aromatic rings. The Labute approximate surface area is 147 Å². The van der Waals surface area contributed by atoms with Crippen molar-refractivity contribution < 1.29 is 0 Å². The van der Waals surface area contributed by atoms with E-state index in [0.29, 0.717) is 0 Å². The number of rotatable bonds is 9. The fourth-order valence-corrected chi connectivity index (χ4v) is 2.84. The van der Waals surface area contributed by atoms with Crippen LogP contribution in [0.4, 0.5) is 5.69 Å². The second-order valence-electron chi connectivity index (χ2n) is 6.50. The van der Waals surface area contributed by atoms with Crippen LogP contribution >= 0.6 is 0 Å². The molecule has 1 saturated heterocycles. The molecule has 1 aliphatic heterocycles. The Morgan fingerprint density at radius 2 is 1.46 bits per heavy atom. The normalized spacial score (nSPS) is 15.7. The second kappa shape index (κ2) is 11.0. The van der Waals surface area contributed by atoms with Gasteiger partial charge in [-0.15, -0.1) is 0 Å². The van der Waals surface area contributed by atoms with E-state index in [0.717, 1.165) is 50.4 Å². The van der Waals surface area contributed by atoms with Crippen molar-refractivity contribution in [2.45, 2.75) is 58.8 Å². The summed E-state index contributed by atoms with van der Waals surface area (Å²) in [5.74, 6) is 0. The first kappa shape index (κ1) is 18.6. The Morgan fingerprint density at radius 1 is 0.917 bits per heavy atom. The van der Waals surface area contributed by atoms with Gasteiger partial charge in [0.1, 0.15) is 0 Å². The number of anilines is 1. The molecule has 0 N–H and O–H groups in total. The van der Waals surface area contributed by atoms with Gasteiger partial charge >= 0.3 is 0 Å². The van der Waals surface area contributed by atoms with Crippen LogP contribution in [0.2, 0.25) is 0 Å². The Bertz CT molecular complexity index is 494. The van der Waals surface area contributed by atoms with Crippen LogP contribution in [-0.2, 0) is 0 Å². The SMILES string of the molecule is CCCCN=Cc1cc(N2CCCCC2)cc(C=NCCCC)n1. The summed E-state index contributed by atoms with van der Waals surface area (Å²) in [6, 6.07) is 4.34. The number of piperidine rings is 1. The largest absolute Gasteiger partial charge is 0.371 e. The van der Waals surface area contributed by atoms with E-state index in [1.807, 2.05) is 12.4 Å². The predicted molar refractivity (Wildman–Crippen MR) is 105 cm³/mol. The molecule has 0 unspecified atom stereocenters. The average molecular weight is 329 g/mol. The Hall–Kier alpha value is -1.71. The van der Waals surface area contributed by atoms with Gasteiger partial charge in [0, 0.05) is 44.3 Å². The third kappa shape index (κ3) is 6.42. The van der Waals surface area contributed by atoms with E-state index in [-0.39, 0.29) is 0 Å². The molecule has 1 aliphatic rings. The van der Waals surface area contributed by atoms with Crippen molar-refractivity contribution in [3.63, 3.8) is 0 Å². The molecule has 4 nitrogen and oxygen atoms in total. The van der Waals surface area contributed by atoms with Crippen molar-refractivity contribution in [1.29, 1.82) is 0 Å². The highest BCUT2D eigenvalue weighted by Gasteiger charge is 2.12. The van der Waals surface area contributed by atoms with Crippen molar-refractivity contribution in [3.05, 3.63) is 23.5 Å². The molecule has 0 spiro atoms. The van der Waals surface area contributed by atoms with E-state index >= 15 is 0 Å². The zero-order valence-corrected chi connectivity index (χ0v) is 15.4. The Balaban J connectivity index is 2.14. The number of pyridine rings is 1. The molecule has 1 fully saturated rings. The highest BCUT2D eigenvalue weighted by Crippen LogP contribution is 2.20. The number of aromatic nitrogens is 1. The maximum atomic E-state index is 4.70. The van der Waals surface area contributed by atoms with Crippen LogP contribution < -0.4 is 4.90 Å². The van der Waals surface area contributed by atoms with E-state index in [4.69, 9.17) is 4.98 Å². The molecule has 4 heteroatoms. The zero-order chi connectivity index (χ0) is 17.0. The molecule has 0 saturated carbocycles. The topological polar surface area (TPSA) is 40.9 Å². The molecule has 0 aliphatic carbocycles. The van der Waals surface area contributed by atoms with Gasteiger partial charge in [0.2, 0.25) is 0 Å². The van der Waals surface area contributed by atoms with E-state index in [9.17, 15) is 0 Å². The smallest absolute Gasteiger partial charge is 0.0836 e. The van der Waals surface area contributed by atoms with Crippen LogP contribution in [0.25, 0.3) is 0 Å². The third-order valence-electron chi connectivity index (χ3n) is 4.30. The van der Waals surface area contributed by atoms with Gasteiger partial charge in [-0.05, 0) is 44.2 Å². The van der Waals surface area contributed by atoms with Gasteiger partial charge < -0.3 is 4.90 Å². The lowest BCUT2D eigenvalue weighted by Gasteiger charge is -2.29. The highest BCUT2D eigenvalue weighted by atomic mass is 15.1. The first-order chi connectivity index (χ1) is 11.8. The summed E-state index contributed by atoms with van der Waals surface area (Å²) in [5.41, 5.74) is 3.16. The first-order valence-corrected chi connectivity index (χ1v) is 9.60. The molecular formula is C20H32N4. The van der Waals surface area contributed by atoms with E-state index in [1.165, 1.54) is 37.8 Å². The molecule has 0 radical (unpaired) electrons. The number of aliphatic imine (C=N–C) groups is 2. The summed E-state index contributed by atoms with van der Waals surface area (Å²) in [6.45, 7) is 8.43. The van der Waals surface area contributed by atoms with E-state index in [2.05, 4.69) is 40.9 Å². The lowest BCUT2D eigenvalue weighted by Crippen LogP contribution is -2.29. The molecule has 0 amide bonds. The van der Waals surface area contributed by atoms with Crippen LogP contribution in [0.15, 0.2) is 22.1 Å². The fourth-order valence-electron chi connectivity index (χ4n) is 2.84. The van der Waals surface area contributed by atoms with Crippen molar-refractivity contribution >= 4 is 18.1 Å². The van der Waals surface area contributed by atoms with Crippen molar-refractivity contribution in [1.82, 2.24) is 4.98 Å². The molecule has 2 rings (SSSR count). The van der Waals surface area contributed by atoms with Crippen LogP contribution in [0.1, 0.15) is 70.2 Å². The third-order valence-corrected chi connectivity index (χ3v) is 4.30. The lowest BCUT2D eigenvalue weighted by atomic mass is 10.1. The number of unbranched alkanes of at least 4 members (excludes halogenated alkanes) is 2. The van der Waals surface area contributed by atoms with Crippen LogP contribution in [0, 0.1) is 0 Å². The molecule has 132 valence electrons. The van der Waals surface area contributed by atoms with Gasteiger partial charge in [0.25, 0.3) is 0 Å². The molecule has 0 aromatic carbocycles.